The summed E-state index contributed by atoms with van der Waals surface area (Å²) in [5.41, 5.74) is 0. The molecule has 0 bridgehead atoms. The molecule has 2 aliphatic rings. The smallest absolute Gasteiger partial charge is 0.126 e. The molecule has 0 radical (unpaired) electrons. The normalized spacial score (nSPS) is 33.5. The van der Waals surface area contributed by atoms with Crippen LogP contribution in [-0.4, -0.2) is 29.4 Å². The van der Waals surface area contributed by atoms with Crippen molar-refractivity contribution in [3.63, 3.8) is 0 Å². The second-order valence-electron chi connectivity index (χ2n) is 5.99. The second kappa shape index (κ2) is 6.10. The highest BCUT2D eigenvalue weighted by atomic mass is 19.1. The Balaban J connectivity index is 1.42. The molecule has 0 spiro atoms. The molecule has 2 fully saturated rings. The van der Waals surface area contributed by atoms with Gasteiger partial charge in [0.05, 0.1) is 6.10 Å². The van der Waals surface area contributed by atoms with E-state index in [0.29, 0.717) is 11.8 Å². The molecule has 1 aromatic carbocycles. The zero-order chi connectivity index (χ0) is 13.9. The quantitative estimate of drug-likeness (QED) is 0.890. The molecule has 110 valence electrons. The van der Waals surface area contributed by atoms with Crippen molar-refractivity contribution >= 4 is 0 Å². The molecule has 3 rings (SSSR count). The van der Waals surface area contributed by atoms with Gasteiger partial charge in [-0.2, -0.15) is 0 Å². The molecule has 3 nitrogen and oxygen atoms in total. The Kier molecular flexibility index (Phi) is 4.22. The van der Waals surface area contributed by atoms with E-state index >= 15 is 0 Å². The lowest BCUT2D eigenvalue weighted by molar-refractivity contribution is 0.0422. The number of halogens is 1. The highest BCUT2D eigenvalue weighted by Gasteiger charge is 2.34. The van der Waals surface area contributed by atoms with Crippen LogP contribution in [0.4, 0.5) is 4.39 Å². The standard InChI is InChI=1S/C16H22FNO2/c17-11-4-3-5-13(8-11)20-14-9-12(10-14)18-15-6-1-2-7-16(15)19/h3-5,8,12,14-16,18-19H,1-2,6-7,9-10H2. The zero-order valence-electron chi connectivity index (χ0n) is 11.6. The zero-order valence-corrected chi connectivity index (χ0v) is 11.6. The van der Waals surface area contributed by atoms with E-state index in [0.717, 1.165) is 32.1 Å². The molecule has 2 atom stereocenters. The molecule has 0 aliphatic heterocycles. The Hall–Kier alpha value is -1.13. The van der Waals surface area contributed by atoms with Gasteiger partial charge in [0.25, 0.3) is 0 Å². The van der Waals surface area contributed by atoms with Crippen molar-refractivity contribution in [3.8, 4) is 5.75 Å². The lowest BCUT2D eigenvalue weighted by atomic mass is 9.85. The number of aliphatic hydroxyl groups excluding tert-OH is 1. The highest BCUT2D eigenvalue weighted by Crippen LogP contribution is 2.28. The fourth-order valence-electron chi connectivity index (χ4n) is 3.14. The maximum atomic E-state index is 13.0. The molecule has 4 heteroatoms. The van der Waals surface area contributed by atoms with Crippen molar-refractivity contribution < 1.29 is 14.2 Å². The topological polar surface area (TPSA) is 41.5 Å². The van der Waals surface area contributed by atoms with Crippen LogP contribution in [0.25, 0.3) is 0 Å². The number of benzene rings is 1. The van der Waals surface area contributed by atoms with Gasteiger partial charge >= 0.3 is 0 Å². The van der Waals surface area contributed by atoms with Gasteiger partial charge in [-0.25, -0.2) is 4.39 Å². The molecule has 2 saturated carbocycles. The van der Waals surface area contributed by atoms with Crippen molar-refractivity contribution in [1.29, 1.82) is 0 Å². The van der Waals surface area contributed by atoms with Gasteiger partial charge in [0, 0.05) is 18.2 Å². The molecule has 2 unspecified atom stereocenters. The fourth-order valence-corrected chi connectivity index (χ4v) is 3.14. The molecule has 0 heterocycles. The van der Waals surface area contributed by atoms with Crippen molar-refractivity contribution in [2.24, 2.45) is 0 Å². The molecule has 0 saturated heterocycles. The average molecular weight is 279 g/mol. The van der Waals surface area contributed by atoms with Gasteiger partial charge < -0.3 is 15.2 Å². The Bertz CT molecular complexity index is 448. The number of hydrogen-bond donors (Lipinski definition) is 2. The van der Waals surface area contributed by atoms with Crippen LogP contribution in [0.2, 0.25) is 0 Å². The number of ether oxygens (including phenoxy) is 1. The van der Waals surface area contributed by atoms with E-state index in [-0.39, 0.29) is 24.1 Å². The van der Waals surface area contributed by atoms with Gasteiger partial charge in [0.2, 0.25) is 0 Å². The summed E-state index contributed by atoms with van der Waals surface area (Å²) >= 11 is 0. The van der Waals surface area contributed by atoms with Crippen LogP contribution in [0.5, 0.6) is 5.75 Å². The van der Waals surface area contributed by atoms with Crippen LogP contribution in [-0.2, 0) is 0 Å². The molecular formula is C16H22FNO2. The summed E-state index contributed by atoms with van der Waals surface area (Å²) in [5, 5.41) is 13.5. The first-order chi connectivity index (χ1) is 9.70. The van der Waals surface area contributed by atoms with Crippen LogP contribution in [0, 0.1) is 5.82 Å². The van der Waals surface area contributed by atoms with Crippen LogP contribution < -0.4 is 10.1 Å². The Morgan fingerprint density at radius 3 is 2.75 bits per heavy atom. The molecule has 2 N–H and O–H groups in total. The van der Waals surface area contributed by atoms with Gasteiger partial charge in [-0.15, -0.1) is 0 Å². The highest BCUT2D eigenvalue weighted by molar-refractivity contribution is 5.23. The molecule has 1 aromatic rings. The monoisotopic (exact) mass is 279 g/mol. The van der Waals surface area contributed by atoms with E-state index in [4.69, 9.17) is 4.74 Å². The third-order valence-electron chi connectivity index (χ3n) is 4.37. The van der Waals surface area contributed by atoms with Gasteiger partial charge in [-0.3, -0.25) is 0 Å². The fraction of sp³-hybridized carbons (Fsp3) is 0.625. The Labute approximate surface area is 119 Å². The summed E-state index contributed by atoms with van der Waals surface area (Å²) in [6, 6.07) is 6.95. The summed E-state index contributed by atoms with van der Waals surface area (Å²) in [6.07, 6.45) is 6.13. The maximum absolute atomic E-state index is 13.0. The first kappa shape index (κ1) is 13.8. The van der Waals surface area contributed by atoms with E-state index in [1.807, 2.05) is 0 Å². The molecule has 2 aliphatic carbocycles. The first-order valence-electron chi connectivity index (χ1n) is 7.57. The average Bonchev–Trinajstić information content (AvgIpc) is 2.38. The van der Waals surface area contributed by atoms with Gasteiger partial charge in [-0.05, 0) is 37.8 Å². The summed E-state index contributed by atoms with van der Waals surface area (Å²) in [6.45, 7) is 0. The van der Waals surface area contributed by atoms with E-state index < -0.39 is 0 Å². The lowest BCUT2D eigenvalue weighted by Crippen LogP contribution is -2.54. The van der Waals surface area contributed by atoms with E-state index in [9.17, 15) is 9.50 Å². The van der Waals surface area contributed by atoms with Crippen molar-refractivity contribution in [1.82, 2.24) is 5.32 Å². The summed E-state index contributed by atoms with van der Waals surface area (Å²) in [7, 11) is 0. The third kappa shape index (κ3) is 3.30. The SMILES string of the molecule is OC1CCCCC1NC1CC(Oc2cccc(F)c2)C1. The Morgan fingerprint density at radius 1 is 1.20 bits per heavy atom. The van der Waals surface area contributed by atoms with Gasteiger partial charge in [-0.1, -0.05) is 18.9 Å². The number of rotatable bonds is 4. The molecule has 0 aromatic heterocycles. The minimum absolute atomic E-state index is 0.162. The maximum Gasteiger partial charge on any atom is 0.126 e. The number of hydrogen-bond acceptors (Lipinski definition) is 3. The predicted molar refractivity (Wildman–Crippen MR) is 75.2 cm³/mol. The Morgan fingerprint density at radius 2 is 2.00 bits per heavy atom. The van der Waals surface area contributed by atoms with Crippen molar-refractivity contribution in [2.45, 2.75) is 62.8 Å². The van der Waals surface area contributed by atoms with Crippen molar-refractivity contribution in [2.75, 3.05) is 0 Å². The third-order valence-corrected chi connectivity index (χ3v) is 4.37. The number of aliphatic hydroxyl groups is 1. The van der Waals surface area contributed by atoms with E-state index in [1.54, 1.807) is 12.1 Å². The number of nitrogens with one attached hydrogen (secondary N) is 1. The van der Waals surface area contributed by atoms with E-state index in [1.165, 1.54) is 18.6 Å². The molecule has 20 heavy (non-hydrogen) atoms. The largest absolute Gasteiger partial charge is 0.490 e. The second-order valence-corrected chi connectivity index (χ2v) is 5.99. The predicted octanol–water partition coefficient (Wildman–Crippen LogP) is 2.63. The summed E-state index contributed by atoms with van der Waals surface area (Å²) in [5.74, 6) is 0.341. The van der Waals surface area contributed by atoms with Gasteiger partial charge in [0.15, 0.2) is 0 Å². The van der Waals surface area contributed by atoms with E-state index in [2.05, 4.69) is 5.32 Å². The van der Waals surface area contributed by atoms with Gasteiger partial charge in [0.1, 0.15) is 17.7 Å². The summed E-state index contributed by atoms with van der Waals surface area (Å²) < 4.78 is 18.8. The van der Waals surface area contributed by atoms with Crippen LogP contribution in [0.15, 0.2) is 24.3 Å². The first-order valence-corrected chi connectivity index (χ1v) is 7.57. The minimum Gasteiger partial charge on any atom is -0.490 e. The summed E-state index contributed by atoms with van der Waals surface area (Å²) in [4.78, 5) is 0. The van der Waals surface area contributed by atoms with Crippen LogP contribution in [0.1, 0.15) is 38.5 Å². The molecular weight excluding hydrogens is 257 g/mol. The van der Waals surface area contributed by atoms with Crippen LogP contribution in [0.3, 0.4) is 0 Å². The lowest BCUT2D eigenvalue weighted by Gasteiger charge is -2.40. The van der Waals surface area contributed by atoms with Crippen molar-refractivity contribution in [3.05, 3.63) is 30.1 Å². The molecule has 0 amide bonds. The van der Waals surface area contributed by atoms with Crippen LogP contribution >= 0.6 is 0 Å². The minimum atomic E-state index is -0.262.